The first kappa shape index (κ1) is 19.4. The van der Waals surface area contributed by atoms with E-state index in [4.69, 9.17) is 0 Å². The van der Waals surface area contributed by atoms with Crippen molar-refractivity contribution in [3.05, 3.63) is 82.7 Å². The van der Waals surface area contributed by atoms with Crippen molar-refractivity contribution in [2.24, 2.45) is 0 Å². The number of nitrogens with zero attached hydrogens (tertiary/aromatic N) is 3. The molecule has 0 aliphatic carbocycles. The molecule has 1 aliphatic rings. The predicted octanol–water partition coefficient (Wildman–Crippen LogP) is 2.69. The molecule has 0 amide bonds. The second kappa shape index (κ2) is 7.46. The first-order chi connectivity index (χ1) is 13.9. The normalized spacial score (nSPS) is 14.5. The molecule has 0 fully saturated rings. The van der Waals surface area contributed by atoms with Crippen LogP contribution in [0.4, 0.5) is 0 Å². The number of aromatic carboxylic acids is 1. The highest BCUT2D eigenvalue weighted by molar-refractivity contribution is 7.89. The molecule has 8 heteroatoms. The van der Waals surface area contributed by atoms with E-state index >= 15 is 0 Å². The van der Waals surface area contributed by atoms with Crippen molar-refractivity contribution in [2.75, 3.05) is 6.54 Å². The van der Waals surface area contributed by atoms with Crippen molar-refractivity contribution in [1.29, 1.82) is 0 Å². The van der Waals surface area contributed by atoms with E-state index in [0.29, 0.717) is 18.5 Å². The summed E-state index contributed by atoms with van der Waals surface area (Å²) < 4.78 is 29.1. The number of aryl methyl sites for hydroxylation is 1. The van der Waals surface area contributed by atoms with E-state index in [-0.39, 0.29) is 23.7 Å². The number of hydrogen-bond acceptors (Lipinski definition) is 4. The maximum Gasteiger partial charge on any atom is 0.356 e. The van der Waals surface area contributed by atoms with Gasteiger partial charge in [0.25, 0.3) is 0 Å². The van der Waals surface area contributed by atoms with Crippen molar-refractivity contribution in [2.45, 2.75) is 31.3 Å². The molecule has 150 valence electrons. The average Bonchev–Trinajstić information content (AvgIpc) is 3.07. The fourth-order valence-electron chi connectivity index (χ4n) is 3.59. The fraction of sp³-hybridized carbons (Fsp3) is 0.238. The number of sulfonamides is 1. The van der Waals surface area contributed by atoms with Crippen LogP contribution in [-0.4, -0.2) is 40.1 Å². The second-order valence-corrected chi connectivity index (χ2v) is 9.06. The Balaban J connectivity index is 1.68. The van der Waals surface area contributed by atoms with Gasteiger partial charge in [-0.25, -0.2) is 13.2 Å². The molecule has 0 atom stereocenters. The summed E-state index contributed by atoms with van der Waals surface area (Å²) in [6.07, 6.45) is 0.410. The topological polar surface area (TPSA) is 92.5 Å². The van der Waals surface area contributed by atoms with Gasteiger partial charge in [-0.1, -0.05) is 48.0 Å². The van der Waals surface area contributed by atoms with Crippen LogP contribution in [0.25, 0.3) is 0 Å². The van der Waals surface area contributed by atoms with E-state index in [2.05, 4.69) is 5.10 Å². The minimum atomic E-state index is -3.71. The van der Waals surface area contributed by atoms with Gasteiger partial charge in [0.2, 0.25) is 10.0 Å². The lowest BCUT2D eigenvalue weighted by molar-refractivity contribution is 0.0687. The van der Waals surface area contributed by atoms with Gasteiger partial charge in [-0.05, 0) is 24.6 Å². The minimum Gasteiger partial charge on any atom is -0.476 e. The smallest absolute Gasteiger partial charge is 0.356 e. The highest BCUT2D eigenvalue weighted by Gasteiger charge is 2.34. The van der Waals surface area contributed by atoms with Gasteiger partial charge in [-0.2, -0.15) is 9.40 Å². The summed E-state index contributed by atoms with van der Waals surface area (Å²) in [7, 11) is -3.71. The van der Waals surface area contributed by atoms with Crippen LogP contribution in [0.2, 0.25) is 0 Å². The summed E-state index contributed by atoms with van der Waals surface area (Å²) in [5.74, 6) is -1.15. The van der Waals surface area contributed by atoms with Gasteiger partial charge < -0.3 is 5.11 Å². The lowest BCUT2D eigenvalue weighted by atomic mass is 10.1. The van der Waals surface area contributed by atoms with E-state index < -0.39 is 16.0 Å². The molecule has 0 spiro atoms. The van der Waals surface area contributed by atoms with Gasteiger partial charge in [-0.3, -0.25) is 4.68 Å². The van der Waals surface area contributed by atoms with Crippen LogP contribution in [0.5, 0.6) is 0 Å². The quantitative estimate of drug-likeness (QED) is 0.697. The number of fused-ring (bicyclic) bond motifs is 1. The molecule has 1 N–H and O–H groups in total. The molecule has 1 aromatic heterocycles. The highest BCUT2D eigenvalue weighted by Crippen LogP contribution is 2.28. The van der Waals surface area contributed by atoms with Crippen LogP contribution in [0.15, 0.2) is 59.5 Å². The number of carbonyl (C=O) groups is 1. The Labute approximate surface area is 169 Å². The summed E-state index contributed by atoms with van der Waals surface area (Å²) in [4.78, 5) is 12.0. The van der Waals surface area contributed by atoms with E-state index in [9.17, 15) is 18.3 Å². The molecule has 1 aliphatic heterocycles. The molecule has 2 heterocycles. The van der Waals surface area contributed by atoms with Crippen LogP contribution in [0.3, 0.4) is 0 Å². The van der Waals surface area contributed by atoms with Gasteiger partial charge in [0.15, 0.2) is 5.69 Å². The summed E-state index contributed by atoms with van der Waals surface area (Å²) in [5.41, 5.74) is 3.14. The van der Waals surface area contributed by atoms with E-state index in [1.165, 1.54) is 4.31 Å². The fourth-order valence-corrected chi connectivity index (χ4v) is 5.00. The molecule has 0 bridgehead atoms. The summed E-state index contributed by atoms with van der Waals surface area (Å²) in [5, 5.41) is 13.9. The van der Waals surface area contributed by atoms with Crippen LogP contribution in [0.1, 0.15) is 32.9 Å². The predicted molar refractivity (Wildman–Crippen MR) is 107 cm³/mol. The van der Waals surface area contributed by atoms with Crippen molar-refractivity contribution in [3.8, 4) is 0 Å². The Bertz CT molecular complexity index is 1150. The summed E-state index contributed by atoms with van der Waals surface area (Å²) in [6, 6.07) is 16.3. The Morgan fingerprint density at radius 1 is 1.10 bits per heavy atom. The van der Waals surface area contributed by atoms with Gasteiger partial charge in [0.1, 0.15) is 0 Å². The summed E-state index contributed by atoms with van der Waals surface area (Å²) in [6.45, 7) is 2.62. The van der Waals surface area contributed by atoms with Crippen molar-refractivity contribution >= 4 is 16.0 Å². The van der Waals surface area contributed by atoms with E-state index in [1.807, 2.05) is 37.3 Å². The molecular weight excluding hydrogens is 390 g/mol. The van der Waals surface area contributed by atoms with Crippen molar-refractivity contribution in [3.63, 3.8) is 0 Å². The first-order valence-corrected chi connectivity index (χ1v) is 10.7. The number of hydrogen-bond donors (Lipinski definition) is 1. The number of rotatable bonds is 5. The molecule has 7 nitrogen and oxygen atoms in total. The highest BCUT2D eigenvalue weighted by atomic mass is 32.2. The van der Waals surface area contributed by atoms with Crippen molar-refractivity contribution in [1.82, 2.24) is 14.1 Å². The lowest BCUT2D eigenvalue weighted by Gasteiger charge is -2.27. The standard InChI is InChI=1S/C21H21N3O4S/c1-15-7-9-17(10-8-15)29(27,28)23-12-11-19-18(14-23)20(21(25)26)22-24(19)13-16-5-3-2-4-6-16/h2-10H,11-14H2,1H3,(H,25,26). The van der Waals surface area contributed by atoms with Crippen LogP contribution in [-0.2, 0) is 29.5 Å². The maximum atomic E-state index is 13.0. The Kier molecular flexibility index (Phi) is 4.97. The molecule has 3 aromatic rings. The third kappa shape index (κ3) is 3.68. The van der Waals surface area contributed by atoms with Crippen molar-refractivity contribution < 1.29 is 18.3 Å². The SMILES string of the molecule is Cc1ccc(S(=O)(=O)N2CCc3c(c(C(=O)O)nn3Cc3ccccc3)C2)cc1. The zero-order chi connectivity index (χ0) is 20.6. The zero-order valence-electron chi connectivity index (χ0n) is 15.9. The maximum absolute atomic E-state index is 13.0. The monoisotopic (exact) mass is 411 g/mol. The van der Waals surface area contributed by atoms with Gasteiger partial charge >= 0.3 is 5.97 Å². The van der Waals surface area contributed by atoms with Crippen LogP contribution >= 0.6 is 0 Å². The average molecular weight is 411 g/mol. The molecule has 2 aromatic carbocycles. The third-order valence-corrected chi connectivity index (χ3v) is 6.99. The van der Waals surface area contributed by atoms with E-state index in [0.717, 1.165) is 16.8 Å². The number of carboxylic acids is 1. The molecular formula is C21H21N3O4S. The Morgan fingerprint density at radius 3 is 2.45 bits per heavy atom. The first-order valence-electron chi connectivity index (χ1n) is 9.29. The molecule has 0 saturated carbocycles. The molecule has 0 saturated heterocycles. The number of carboxylic acid groups (broad SMARTS) is 1. The molecule has 4 rings (SSSR count). The van der Waals surface area contributed by atoms with E-state index in [1.54, 1.807) is 28.9 Å². The summed E-state index contributed by atoms with van der Waals surface area (Å²) >= 11 is 0. The molecule has 0 radical (unpaired) electrons. The Morgan fingerprint density at radius 2 is 1.79 bits per heavy atom. The van der Waals surface area contributed by atoms with Gasteiger partial charge in [0, 0.05) is 30.8 Å². The van der Waals surface area contributed by atoms with Gasteiger partial charge in [0.05, 0.1) is 11.4 Å². The minimum absolute atomic E-state index is 0.00195. The van der Waals surface area contributed by atoms with Crippen LogP contribution < -0.4 is 0 Å². The third-order valence-electron chi connectivity index (χ3n) is 5.14. The largest absolute Gasteiger partial charge is 0.476 e. The lowest BCUT2D eigenvalue weighted by Crippen LogP contribution is -2.36. The molecule has 29 heavy (non-hydrogen) atoms. The molecule has 0 unspecified atom stereocenters. The number of benzene rings is 2. The van der Waals surface area contributed by atoms with Gasteiger partial charge in [-0.15, -0.1) is 0 Å². The second-order valence-electron chi connectivity index (χ2n) is 7.12. The zero-order valence-corrected chi connectivity index (χ0v) is 16.8. The number of aromatic nitrogens is 2. The van der Waals surface area contributed by atoms with Crippen LogP contribution in [0, 0.1) is 6.92 Å². The Hall–Kier alpha value is -2.97.